The van der Waals surface area contributed by atoms with Crippen LogP contribution >= 0.6 is 12.2 Å². The van der Waals surface area contributed by atoms with Crippen molar-refractivity contribution in [3.63, 3.8) is 0 Å². The summed E-state index contributed by atoms with van der Waals surface area (Å²) in [5.41, 5.74) is 5.57. The lowest BCUT2D eigenvalue weighted by molar-refractivity contribution is 0.415. The Kier molecular flexibility index (Phi) is 5.31. The van der Waals surface area contributed by atoms with Gasteiger partial charge in [0.1, 0.15) is 17.3 Å². The van der Waals surface area contributed by atoms with Crippen LogP contribution in [0.1, 0.15) is 24.0 Å². The van der Waals surface area contributed by atoms with Gasteiger partial charge < -0.3 is 14.5 Å². The van der Waals surface area contributed by atoms with Crippen molar-refractivity contribution in [3.8, 4) is 16.9 Å². The van der Waals surface area contributed by atoms with Crippen molar-refractivity contribution in [3.05, 3.63) is 88.7 Å². The predicted molar refractivity (Wildman–Crippen MR) is 117 cm³/mol. The highest BCUT2D eigenvalue weighted by atomic mass is 32.1. The Labute approximate surface area is 170 Å². The van der Waals surface area contributed by atoms with Gasteiger partial charge in [0.2, 0.25) is 0 Å². The molecule has 1 N–H and O–H groups in total. The van der Waals surface area contributed by atoms with Crippen molar-refractivity contribution in [2.75, 3.05) is 12.4 Å². The van der Waals surface area contributed by atoms with Crippen LogP contribution in [0.15, 0.2) is 65.1 Å². The minimum Gasteiger partial charge on any atom is -0.497 e. The summed E-state index contributed by atoms with van der Waals surface area (Å²) in [5.74, 6) is 2.67. The van der Waals surface area contributed by atoms with Crippen LogP contribution in [-0.4, -0.2) is 7.11 Å². The van der Waals surface area contributed by atoms with Crippen molar-refractivity contribution >= 4 is 23.5 Å². The van der Waals surface area contributed by atoms with Gasteiger partial charge in [0.25, 0.3) is 0 Å². The molecule has 0 saturated heterocycles. The summed E-state index contributed by atoms with van der Waals surface area (Å²) in [4.78, 5) is 0. The molecule has 0 atom stereocenters. The van der Waals surface area contributed by atoms with E-state index in [1.165, 1.54) is 5.57 Å². The van der Waals surface area contributed by atoms with Crippen LogP contribution in [0.5, 0.6) is 5.75 Å². The summed E-state index contributed by atoms with van der Waals surface area (Å²) < 4.78 is 12.2. The summed E-state index contributed by atoms with van der Waals surface area (Å²) in [6, 6.07) is 18.4. The summed E-state index contributed by atoms with van der Waals surface area (Å²) in [7, 11) is 1.68. The fourth-order valence-corrected chi connectivity index (χ4v) is 3.51. The molecule has 3 nitrogen and oxygen atoms in total. The molecule has 0 unspecified atom stereocenters. The summed E-state index contributed by atoms with van der Waals surface area (Å²) in [5, 5.41) is 3.46. The average Bonchev–Trinajstić information content (AvgIpc) is 3.57. The summed E-state index contributed by atoms with van der Waals surface area (Å²) >= 11 is 5.57. The first-order valence-electron chi connectivity index (χ1n) is 9.37. The van der Waals surface area contributed by atoms with Crippen LogP contribution in [0.25, 0.3) is 16.7 Å². The number of ether oxygens (including phenoxy) is 1. The second kappa shape index (κ2) is 8.03. The molecular formula is C24H22NO2S. The Morgan fingerprint density at radius 2 is 1.64 bits per heavy atom. The molecule has 1 heterocycles. The number of allylic oxidation sites excluding steroid dienone is 2. The number of hydrogen-bond acceptors (Lipinski definition) is 4. The van der Waals surface area contributed by atoms with Gasteiger partial charge in [0, 0.05) is 24.1 Å². The molecule has 0 aliphatic heterocycles. The number of methoxy groups -OCH3 is 1. The molecule has 1 radical (unpaired) electrons. The first-order valence-corrected chi connectivity index (χ1v) is 9.78. The molecule has 0 saturated carbocycles. The number of rotatable bonds is 7. The first-order chi connectivity index (χ1) is 13.7. The molecule has 1 aliphatic rings. The second-order valence-corrected chi connectivity index (χ2v) is 7.12. The van der Waals surface area contributed by atoms with Crippen molar-refractivity contribution in [2.24, 2.45) is 0 Å². The fourth-order valence-electron chi connectivity index (χ4n) is 3.15. The molecule has 0 fully saturated rings. The lowest BCUT2D eigenvalue weighted by Crippen LogP contribution is -2.03. The molecule has 0 amide bonds. The topological polar surface area (TPSA) is 34.4 Å². The van der Waals surface area contributed by atoms with Crippen LogP contribution < -0.4 is 10.1 Å². The molecule has 28 heavy (non-hydrogen) atoms. The molecule has 0 bridgehead atoms. The molecule has 4 rings (SSSR count). The fraction of sp³-hybridized carbons (Fsp3) is 0.167. The zero-order chi connectivity index (χ0) is 19.5. The first kappa shape index (κ1) is 18.5. The van der Waals surface area contributed by atoms with E-state index >= 15 is 0 Å². The molecule has 1 aromatic heterocycles. The van der Waals surface area contributed by atoms with Crippen molar-refractivity contribution in [2.45, 2.75) is 19.9 Å². The van der Waals surface area contributed by atoms with Gasteiger partial charge in [-0.3, -0.25) is 0 Å². The maximum absolute atomic E-state index is 6.07. The van der Waals surface area contributed by atoms with E-state index in [1.807, 2.05) is 18.2 Å². The molecular weight excluding hydrogens is 366 g/mol. The third-order valence-electron chi connectivity index (χ3n) is 4.80. The molecule has 0 spiro atoms. The Bertz CT molecular complexity index is 1060. The van der Waals surface area contributed by atoms with Crippen LogP contribution in [0.3, 0.4) is 0 Å². The zero-order valence-electron chi connectivity index (χ0n) is 16.0. The van der Waals surface area contributed by atoms with Crippen LogP contribution in [0.4, 0.5) is 5.69 Å². The van der Waals surface area contributed by atoms with Crippen LogP contribution in [0, 0.1) is 10.9 Å². The third-order valence-corrected chi connectivity index (χ3v) is 5.13. The average molecular weight is 389 g/mol. The number of nitrogens with one attached hydrogen (secondary N) is 1. The number of hydrogen-bond donors (Lipinski definition) is 1. The molecule has 2 aromatic carbocycles. The Morgan fingerprint density at radius 1 is 1.00 bits per heavy atom. The van der Waals surface area contributed by atoms with E-state index in [1.54, 1.807) is 7.11 Å². The van der Waals surface area contributed by atoms with Crippen molar-refractivity contribution in [1.29, 1.82) is 0 Å². The predicted octanol–water partition coefficient (Wildman–Crippen LogP) is 6.46. The van der Waals surface area contributed by atoms with Gasteiger partial charge in [-0.05, 0) is 47.0 Å². The number of aryl methyl sites for hydroxylation is 1. The van der Waals surface area contributed by atoms with Gasteiger partial charge in [0.15, 0.2) is 0 Å². The summed E-state index contributed by atoms with van der Waals surface area (Å²) in [6.45, 7) is 2.67. The van der Waals surface area contributed by atoms with E-state index in [9.17, 15) is 0 Å². The van der Waals surface area contributed by atoms with Crippen molar-refractivity contribution < 1.29 is 9.15 Å². The third kappa shape index (κ3) is 4.02. The lowest BCUT2D eigenvalue weighted by Gasteiger charge is -2.12. The molecule has 141 valence electrons. The van der Waals surface area contributed by atoms with E-state index in [0.717, 1.165) is 50.6 Å². The van der Waals surface area contributed by atoms with Gasteiger partial charge in [0.05, 0.1) is 18.2 Å². The van der Waals surface area contributed by atoms with Gasteiger partial charge >= 0.3 is 0 Å². The van der Waals surface area contributed by atoms with E-state index in [-0.39, 0.29) is 0 Å². The van der Waals surface area contributed by atoms with Gasteiger partial charge in [-0.15, -0.1) is 0 Å². The van der Waals surface area contributed by atoms with Crippen molar-refractivity contribution in [1.82, 2.24) is 0 Å². The monoisotopic (exact) mass is 388 g/mol. The highest BCUT2D eigenvalue weighted by Gasteiger charge is 2.19. The van der Waals surface area contributed by atoms with Gasteiger partial charge in [-0.1, -0.05) is 49.5 Å². The molecule has 1 aliphatic carbocycles. The van der Waals surface area contributed by atoms with E-state index in [2.05, 4.69) is 61.1 Å². The second-order valence-electron chi connectivity index (χ2n) is 6.68. The molecule has 4 heteroatoms. The SMILES string of the molecule is CCc1cc(=S)c(C2=C[CH]2)c(CNc2ccc(-c3ccc(OC)cc3)cc2)o1. The minimum absolute atomic E-state index is 0.597. The highest BCUT2D eigenvalue weighted by molar-refractivity contribution is 7.71. The Morgan fingerprint density at radius 3 is 2.21 bits per heavy atom. The van der Waals surface area contributed by atoms with Crippen LogP contribution in [-0.2, 0) is 13.0 Å². The largest absolute Gasteiger partial charge is 0.497 e. The zero-order valence-corrected chi connectivity index (χ0v) is 16.8. The number of anilines is 1. The van der Waals surface area contributed by atoms with Crippen LogP contribution in [0.2, 0.25) is 0 Å². The van der Waals surface area contributed by atoms with E-state index in [0.29, 0.717) is 6.54 Å². The van der Waals surface area contributed by atoms with Gasteiger partial charge in [-0.2, -0.15) is 0 Å². The standard InChI is InChI=1S/C24H22NO2S/c1-3-20-14-23(28)24(18-4-5-18)22(27-20)15-25-19-10-6-16(7-11-19)17-8-12-21(26-2)13-9-17/h4-14,25H,3,15H2,1-2H3. The maximum Gasteiger partial charge on any atom is 0.132 e. The quantitative estimate of drug-likeness (QED) is 0.471. The maximum atomic E-state index is 6.07. The number of benzene rings is 2. The normalized spacial score (nSPS) is 12.4. The van der Waals surface area contributed by atoms with Gasteiger partial charge in [-0.25, -0.2) is 0 Å². The molecule has 3 aromatic rings. The van der Waals surface area contributed by atoms with E-state index in [4.69, 9.17) is 21.4 Å². The summed E-state index contributed by atoms with van der Waals surface area (Å²) in [6.07, 6.45) is 4.97. The smallest absolute Gasteiger partial charge is 0.132 e. The lowest BCUT2D eigenvalue weighted by atomic mass is 10.1. The minimum atomic E-state index is 0.597. The van der Waals surface area contributed by atoms with E-state index < -0.39 is 0 Å². The Balaban J connectivity index is 1.50. The highest BCUT2D eigenvalue weighted by Crippen LogP contribution is 2.34. The Hall–Kier alpha value is -2.85.